The molecule has 0 radical (unpaired) electrons. The summed E-state index contributed by atoms with van der Waals surface area (Å²) in [6.07, 6.45) is -4.52. The van der Waals surface area contributed by atoms with E-state index in [0.717, 1.165) is 12.1 Å². The first-order chi connectivity index (χ1) is 7.23. The minimum atomic E-state index is -4.52. The van der Waals surface area contributed by atoms with Gasteiger partial charge in [-0.2, -0.15) is 13.2 Å². The van der Waals surface area contributed by atoms with Gasteiger partial charge in [0.2, 0.25) is 0 Å². The van der Waals surface area contributed by atoms with E-state index in [9.17, 15) is 22.4 Å². The average molecular weight is 298 g/mol. The van der Waals surface area contributed by atoms with Crippen LogP contribution < -0.4 is 5.32 Å². The molecule has 0 fully saturated rings. The molecule has 0 aromatic heterocycles. The number of nitrogens with one attached hydrogen (secondary N) is 1. The Hall–Kier alpha value is -1.11. The molecule has 0 bridgehead atoms. The van der Waals surface area contributed by atoms with Crippen LogP contribution in [0.5, 0.6) is 0 Å². The third-order valence-corrected chi connectivity index (χ3v) is 3.01. The van der Waals surface area contributed by atoms with Gasteiger partial charge in [0.15, 0.2) is 0 Å². The molecular weight excluding hydrogens is 294 g/mol. The largest absolute Gasteiger partial charge is 0.416 e. The number of alkyl halides is 5. The molecule has 0 spiro atoms. The topological polar surface area (TPSA) is 29.1 Å². The summed E-state index contributed by atoms with van der Waals surface area (Å²) in [7, 11) is 0. The van der Waals surface area contributed by atoms with E-state index in [1.54, 1.807) is 0 Å². The van der Waals surface area contributed by atoms with Gasteiger partial charge in [-0.1, -0.05) is 6.07 Å². The van der Waals surface area contributed by atoms with Crippen molar-refractivity contribution in [3.05, 3.63) is 29.3 Å². The number of carbonyl (C=O) groups is 1. The van der Waals surface area contributed by atoms with Crippen LogP contribution in [0.25, 0.3) is 0 Å². The molecule has 0 saturated carbocycles. The van der Waals surface area contributed by atoms with Crippen LogP contribution in [0, 0.1) is 0 Å². The third-order valence-electron chi connectivity index (χ3n) is 2.22. The van der Waals surface area contributed by atoms with Gasteiger partial charge in [-0.25, -0.2) is 4.39 Å². The number of benzene rings is 1. The van der Waals surface area contributed by atoms with Crippen molar-refractivity contribution in [1.82, 2.24) is 0 Å². The van der Waals surface area contributed by atoms with Crippen molar-refractivity contribution in [3.63, 3.8) is 0 Å². The number of carbonyl (C=O) groups excluding carboxylic acids is 1. The lowest BCUT2D eigenvalue weighted by atomic mass is 10.1. The van der Waals surface area contributed by atoms with Crippen LogP contribution in [-0.4, -0.2) is 5.91 Å². The van der Waals surface area contributed by atoms with E-state index in [2.05, 4.69) is 15.9 Å². The van der Waals surface area contributed by atoms with Gasteiger partial charge in [0.1, 0.15) is 0 Å². The fourth-order valence-corrected chi connectivity index (χ4v) is 1.87. The highest BCUT2D eigenvalue weighted by Crippen LogP contribution is 2.45. The van der Waals surface area contributed by atoms with Gasteiger partial charge < -0.3 is 5.32 Å². The second-order valence-electron chi connectivity index (χ2n) is 3.29. The second kappa shape index (κ2) is 3.19. The number of fused-ring (bicyclic) bond motifs is 1. The number of halogens is 5. The molecule has 1 atom stereocenters. The summed E-state index contributed by atoms with van der Waals surface area (Å²) in [5, 5.41) is 2.04. The highest BCUT2D eigenvalue weighted by Gasteiger charge is 2.46. The van der Waals surface area contributed by atoms with Gasteiger partial charge in [-0.3, -0.25) is 4.79 Å². The molecule has 1 aliphatic rings. The van der Waals surface area contributed by atoms with Gasteiger partial charge in [0, 0.05) is 11.3 Å². The van der Waals surface area contributed by atoms with Crippen LogP contribution in [0.3, 0.4) is 0 Å². The van der Waals surface area contributed by atoms with Gasteiger partial charge in [0.05, 0.1) is 5.56 Å². The molecule has 16 heavy (non-hydrogen) atoms. The van der Waals surface area contributed by atoms with Gasteiger partial charge in [0.25, 0.3) is 10.5 Å². The van der Waals surface area contributed by atoms with Crippen LogP contribution in [0.15, 0.2) is 18.2 Å². The zero-order valence-corrected chi connectivity index (χ0v) is 9.12. The van der Waals surface area contributed by atoms with Gasteiger partial charge >= 0.3 is 6.18 Å². The molecule has 1 unspecified atom stereocenters. The maximum Gasteiger partial charge on any atom is 0.416 e. The lowest BCUT2D eigenvalue weighted by molar-refractivity contribution is -0.137. The molecule has 86 valence electrons. The summed E-state index contributed by atoms with van der Waals surface area (Å²) in [4.78, 5) is 11.1. The number of amides is 1. The van der Waals surface area contributed by atoms with E-state index in [-0.39, 0.29) is 11.3 Å². The average Bonchev–Trinajstić information content (AvgIpc) is 2.36. The molecular formula is C9H4BrF4NO. The van der Waals surface area contributed by atoms with Gasteiger partial charge in [-0.05, 0) is 28.1 Å². The Labute approximate surface area is 95.8 Å². The van der Waals surface area contributed by atoms with E-state index in [4.69, 9.17) is 0 Å². The van der Waals surface area contributed by atoms with Crippen molar-refractivity contribution in [1.29, 1.82) is 0 Å². The molecule has 1 heterocycles. The van der Waals surface area contributed by atoms with Crippen molar-refractivity contribution in [2.24, 2.45) is 0 Å². The first kappa shape index (κ1) is 11.4. The Morgan fingerprint density at radius 3 is 2.50 bits per heavy atom. The van der Waals surface area contributed by atoms with Crippen LogP contribution in [-0.2, 0) is 15.5 Å². The van der Waals surface area contributed by atoms with Crippen molar-refractivity contribution < 1.29 is 22.4 Å². The molecule has 2 rings (SSSR count). The summed E-state index contributed by atoms with van der Waals surface area (Å²) < 4.78 is 48.2. The smallest absolute Gasteiger partial charge is 0.322 e. The predicted octanol–water partition coefficient (Wildman–Crippen LogP) is 3.17. The van der Waals surface area contributed by atoms with E-state index < -0.39 is 22.2 Å². The van der Waals surface area contributed by atoms with Crippen molar-refractivity contribution in [2.45, 2.75) is 10.8 Å². The zero-order valence-electron chi connectivity index (χ0n) is 7.53. The number of hydrogen-bond donors (Lipinski definition) is 1. The monoisotopic (exact) mass is 297 g/mol. The molecule has 1 aromatic rings. The molecule has 0 aliphatic carbocycles. The minimum absolute atomic E-state index is 0.148. The quantitative estimate of drug-likeness (QED) is 0.578. The lowest BCUT2D eigenvalue weighted by Gasteiger charge is -2.10. The molecule has 2 nitrogen and oxygen atoms in total. The third kappa shape index (κ3) is 1.59. The zero-order chi connectivity index (χ0) is 12.1. The molecule has 1 amide bonds. The molecule has 1 aromatic carbocycles. The van der Waals surface area contributed by atoms with E-state index >= 15 is 0 Å². The van der Waals surface area contributed by atoms with Crippen molar-refractivity contribution >= 4 is 27.5 Å². The number of anilines is 1. The Balaban J connectivity index is 2.53. The lowest BCUT2D eigenvalue weighted by Crippen LogP contribution is -2.21. The maximum atomic E-state index is 13.6. The fraction of sp³-hybridized carbons (Fsp3) is 0.222. The maximum absolute atomic E-state index is 13.6. The molecule has 0 saturated heterocycles. The Morgan fingerprint density at radius 2 is 1.94 bits per heavy atom. The SMILES string of the molecule is O=C1Nc2cc(C(F)(F)F)ccc2C1(F)Br. The normalized spacial score (nSPS) is 24.2. The van der Waals surface area contributed by atoms with E-state index in [1.807, 2.05) is 5.32 Å². The summed E-state index contributed by atoms with van der Waals surface area (Å²) in [5.41, 5.74) is -1.25. The highest BCUT2D eigenvalue weighted by atomic mass is 79.9. The summed E-state index contributed by atoms with van der Waals surface area (Å²) in [6.45, 7) is 0. The minimum Gasteiger partial charge on any atom is -0.322 e. The van der Waals surface area contributed by atoms with Crippen LogP contribution >= 0.6 is 15.9 Å². The Morgan fingerprint density at radius 1 is 1.31 bits per heavy atom. The number of hydrogen-bond acceptors (Lipinski definition) is 1. The van der Waals surface area contributed by atoms with Crippen LogP contribution in [0.2, 0.25) is 0 Å². The van der Waals surface area contributed by atoms with E-state index in [0.29, 0.717) is 6.07 Å². The van der Waals surface area contributed by atoms with Crippen LogP contribution in [0.4, 0.5) is 23.2 Å². The summed E-state index contributed by atoms with van der Waals surface area (Å²) in [6, 6.07) is 2.37. The second-order valence-corrected chi connectivity index (χ2v) is 4.38. The van der Waals surface area contributed by atoms with Crippen molar-refractivity contribution in [2.75, 3.05) is 5.32 Å². The van der Waals surface area contributed by atoms with Gasteiger partial charge in [-0.15, -0.1) is 0 Å². The fourth-order valence-electron chi connectivity index (χ4n) is 1.42. The first-order valence-corrected chi connectivity index (χ1v) is 4.93. The molecule has 1 aliphatic heterocycles. The predicted molar refractivity (Wildman–Crippen MR) is 51.8 cm³/mol. The highest BCUT2D eigenvalue weighted by molar-refractivity contribution is 9.10. The summed E-state index contributed by atoms with van der Waals surface area (Å²) in [5.74, 6) is -1.03. The standard InChI is InChI=1S/C9H4BrF4NO/c10-8(11)5-2-1-4(9(12,13)14)3-6(5)15-7(8)16/h1-3H,(H,15,16). The van der Waals surface area contributed by atoms with Crippen LogP contribution in [0.1, 0.15) is 11.1 Å². The summed E-state index contributed by atoms with van der Waals surface area (Å²) >= 11 is 2.52. The van der Waals surface area contributed by atoms with E-state index in [1.165, 1.54) is 0 Å². The molecule has 1 N–H and O–H groups in total. The van der Waals surface area contributed by atoms with Crippen molar-refractivity contribution in [3.8, 4) is 0 Å². The first-order valence-electron chi connectivity index (χ1n) is 4.14. The Bertz CT molecular complexity index is 469. The Kier molecular flexibility index (Phi) is 2.27. The number of rotatable bonds is 0. The molecule has 7 heteroatoms.